The van der Waals surface area contributed by atoms with Gasteiger partial charge in [-0.15, -0.1) is 0 Å². The van der Waals surface area contributed by atoms with Crippen molar-refractivity contribution in [1.82, 2.24) is 0 Å². The Morgan fingerprint density at radius 1 is 1.43 bits per heavy atom. The molecule has 0 amide bonds. The van der Waals surface area contributed by atoms with E-state index in [0.29, 0.717) is 23.6 Å². The molecule has 0 heterocycles. The van der Waals surface area contributed by atoms with Gasteiger partial charge in [-0.1, -0.05) is 18.2 Å². The minimum Gasteiger partial charge on any atom is -0.330 e. The smallest absolute Gasteiger partial charge is 0.0994 e. The zero-order valence-electron chi connectivity index (χ0n) is 7.77. The Labute approximate surface area is 86.0 Å². The van der Waals surface area contributed by atoms with Crippen molar-refractivity contribution < 1.29 is 4.21 Å². The molecule has 0 fully saturated rings. The van der Waals surface area contributed by atoms with E-state index in [1.165, 1.54) is 0 Å². The number of nitrogens with zero attached hydrogens (tertiary/aromatic N) is 1. The number of nitriles is 1. The second-order valence-electron chi connectivity index (χ2n) is 2.85. The number of hydrogen-bond acceptors (Lipinski definition) is 3. The Balaban J connectivity index is 2.77. The summed E-state index contributed by atoms with van der Waals surface area (Å²) in [6.45, 7) is 0.418. The lowest BCUT2D eigenvalue weighted by molar-refractivity contribution is 0.682. The van der Waals surface area contributed by atoms with E-state index >= 15 is 0 Å². The Kier molecular flexibility index (Phi) is 4.30. The highest BCUT2D eigenvalue weighted by Gasteiger charge is 2.04. The van der Waals surface area contributed by atoms with Gasteiger partial charge in [-0.3, -0.25) is 4.21 Å². The van der Waals surface area contributed by atoms with E-state index in [1.54, 1.807) is 12.1 Å². The van der Waals surface area contributed by atoms with E-state index < -0.39 is 10.8 Å². The molecule has 0 aliphatic carbocycles. The van der Waals surface area contributed by atoms with Gasteiger partial charge in [0.25, 0.3) is 0 Å². The lowest BCUT2D eigenvalue weighted by atomic mass is 10.1. The predicted octanol–water partition coefficient (Wildman–Crippen LogP) is 0.766. The zero-order valence-corrected chi connectivity index (χ0v) is 8.59. The molecule has 0 aliphatic heterocycles. The van der Waals surface area contributed by atoms with Crippen LogP contribution in [0.1, 0.15) is 11.1 Å². The first-order valence-electron chi connectivity index (χ1n) is 4.31. The summed E-state index contributed by atoms with van der Waals surface area (Å²) in [4.78, 5) is 0. The van der Waals surface area contributed by atoms with E-state index in [-0.39, 0.29) is 0 Å². The molecule has 0 radical (unpaired) electrons. The van der Waals surface area contributed by atoms with Crippen LogP contribution in [0.4, 0.5) is 0 Å². The molecule has 1 unspecified atom stereocenters. The van der Waals surface area contributed by atoms with E-state index in [2.05, 4.69) is 6.07 Å². The average molecular weight is 208 g/mol. The quantitative estimate of drug-likeness (QED) is 0.794. The van der Waals surface area contributed by atoms with E-state index in [1.807, 2.05) is 12.1 Å². The second kappa shape index (κ2) is 5.53. The van der Waals surface area contributed by atoms with Crippen LogP contribution in [0.15, 0.2) is 24.3 Å². The van der Waals surface area contributed by atoms with Gasteiger partial charge in [0.1, 0.15) is 0 Å². The Morgan fingerprint density at radius 2 is 2.14 bits per heavy atom. The summed E-state index contributed by atoms with van der Waals surface area (Å²) >= 11 is 0. The van der Waals surface area contributed by atoms with Crippen molar-refractivity contribution in [1.29, 1.82) is 5.26 Å². The highest BCUT2D eigenvalue weighted by molar-refractivity contribution is 7.84. The molecule has 0 aromatic heterocycles. The van der Waals surface area contributed by atoms with Crippen LogP contribution in [0.2, 0.25) is 0 Å². The first-order chi connectivity index (χ1) is 6.77. The van der Waals surface area contributed by atoms with Gasteiger partial charge in [0.05, 0.1) is 11.6 Å². The molecule has 1 rings (SSSR count). The van der Waals surface area contributed by atoms with Gasteiger partial charge in [0.15, 0.2) is 0 Å². The summed E-state index contributed by atoms with van der Waals surface area (Å²) in [5, 5.41) is 8.79. The summed E-state index contributed by atoms with van der Waals surface area (Å²) < 4.78 is 11.4. The van der Waals surface area contributed by atoms with Crippen LogP contribution in [0, 0.1) is 11.3 Å². The standard InChI is InChI=1S/C10H12N2OS/c11-5-6-14(13)8-10-4-2-1-3-9(10)7-12/h1-4H,5-6,8,11H2. The molecule has 74 valence electrons. The molecule has 0 saturated heterocycles. The molecular formula is C10H12N2OS. The third kappa shape index (κ3) is 2.95. The van der Waals surface area contributed by atoms with Crippen molar-refractivity contribution in [3.05, 3.63) is 35.4 Å². The van der Waals surface area contributed by atoms with E-state index in [0.717, 1.165) is 5.56 Å². The molecule has 0 aliphatic rings. The predicted molar refractivity (Wildman–Crippen MR) is 56.9 cm³/mol. The van der Waals surface area contributed by atoms with Crippen LogP contribution in [0.3, 0.4) is 0 Å². The van der Waals surface area contributed by atoms with Crippen molar-refractivity contribution >= 4 is 10.8 Å². The fraction of sp³-hybridized carbons (Fsp3) is 0.300. The van der Waals surface area contributed by atoms with Gasteiger partial charge >= 0.3 is 0 Å². The third-order valence-corrected chi connectivity index (χ3v) is 3.12. The van der Waals surface area contributed by atoms with Crippen LogP contribution in [-0.4, -0.2) is 16.5 Å². The van der Waals surface area contributed by atoms with Gasteiger partial charge in [0.2, 0.25) is 0 Å². The van der Waals surface area contributed by atoms with Gasteiger partial charge in [-0.25, -0.2) is 0 Å². The van der Waals surface area contributed by atoms with Crippen molar-refractivity contribution in [3.63, 3.8) is 0 Å². The highest BCUT2D eigenvalue weighted by atomic mass is 32.2. The van der Waals surface area contributed by atoms with Crippen LogP contribution in [0.25, 0.3) is 0 Å². The Morgan fingerprint density at radius 3 is 2.79 bits per heavy atom. The van der Waals surface area contributed by atoms with Crippen molar-refractivity contribution in [2.45, 2.75) is 5.75 Å². The van der Waals surface area contributed by atoms with Crippen LogP contribution in [0.5, 0.6) is 0 Å². The molecular weight excluding hydrogens is 196 g/mol. The van der Waals surface area contributed by atoms with Gasteiger partial charge < -0.3 is 5.73 Å². The lowest BCUT2D eigenvalue weighted by Gasteiger charge is -2.02. The molecule has 1 aromatic carbocycles. The molecule has 1 atom stereocenters. The monoisotopic (exact) mass is 208 g/mol. The largest absolute Gasteiger partial charge is 0.330 e. The third-order valence-electron chi connectivity index (χ3n) is 1.80. The molecule has 3 nitrogen and oxygen atoms in total. The van der Waals surface area contributed by atoms with Crippen LogP contribution < -0.4 is 5.73 Å². The fourth-order valence-electron chi connectivity index (χ4n) is 1.13. The molecule has 0 bridgehead atoms. The van der Waals surface area contributed by atoms with E-state index in [9.17, 15) is 4.21 Å². The van der Waals surface area contributed by atoms with Gasteiger partial charge in [-0.05, 0) is 11.6 Å². The maximum atomic E-state index is 11.4. The molecule has 1 aromatic rings. The zero-order chi connectivity index (χ0) is 10.4. The Bertz CT molecular complexity index is 371. The average Bonchev–Trinajstić information content (AvgIpc) is 2.19. The summed E-state index contributed by atoms with van der Waals surface area (Å²) in [6, 6.07) is 9.28. The number of hydrogen-bond donors (Lipinski definition) is 1. The summed E-state index contributed by atoms with van der Waals surface area (Å²) in [5.74, 6) is 0.903. The lowest BCUT2D eigenvalue weighted by Crippen LogP contribution is -2.12. The van der Waals surface area contributed by atoms with Crippen molar-refractivity contribution in [2.24, 2.45) is 5.73 Å². The summed E-state index contributed by atoms with van der Waals surface area (Å²) in [5.41, 5.74) is 6.73. The van der Waals surface area contributed by atoms with Crippen LogP contribution >= 0.6 is 0 Å². The van der Waals surface area contributed by atoms with Crippen molar-refractivity contribution in [3.8, 4) is 6.07 Å². The first-order valence-corrected chi connectivity index (χ1v) is 5.79. The topological polar surface area (TPSA) is 66.9 Å². The molecule has 2 N–H and O–H groups in total. The van der Waals surface area contributed by atoms with Gasteiger partial charge in [-0.2, -0.15) is 5.26 Å². The van der Waals surface area contributed by atoms with Gasteiger partial charge in [0, 0.05) is 28.9 Å². The summed E-state index contributed by atoms with van der Waals surface area (Å²) in [7, 11) is -0.959. The number of nitrogens with two attached hydrogens (primary N) is 1. The molecule has 14 heavy (non-hydrogen) atoms. The fourth-order valence-corrected chi connectivity index (χ4v) is 2.14. The molecule has 0 spiro atoms. The minimum absolute atomic E-state index is 0.418. The summed E-state index contributed by atoms with van der Waals surface area (Å²) in [6.07, 6.45) is 0. The van der Waals surface area contributed by atoms with Crippen LogP contribution in [-0.2, 0) is 16.6 Å². The normalized spacial score (nSPS) is 12.0. The first kappa shape index (κ1) is 10.9. The highest BCUT2D eigenvalue weighted by Crippen LogP contribution is 2.09. The maximum absolute atomic E-state index is 11.4. The minimum atomic E-state index is -0.959. The van der Waals surface area contributed by atoms with E-state index in [4.69, 9.17) is 11.0 Å². The molecule has 0 saturated carbocycles. The second-order valence-corrected chi connectivity index (χ2v) is 4.42. The number of benzene rings is 1. The SMILES string of the molecule is N#Cc1ccccc1CS(=O)CCN. The Hall–Kier alpha value is -1.18. The number of rotatable bonds is 4. The van der Waals surface area contributed by atoms with Crippen molar-refractivity contribution in [2.75, 3.05) is 12.3 Å². The maximum Gasteiger partial charge on any atom is 0.0994 e. The molecule has 4 heteroatoms.